The number of benzene rings is 1. The van der Waals surface area contributed by atoms with Gasteiger partial charge in [0.2, 0.25) is 0 Å². The highest BCUT2D eigenvalue weighted by atomic mass is 127. The maximum absolute atomic E-state index is 13.4. The summed E-state index contributed by atoms with van der Waals surface area (Å²) in [5.41, 5.74) is 0.618. The number of aliphatic hydroxyl groups excluding tert-OH is 1. The smallest absolute Gasteiger partial charge is 0.127 e. The summed E-state index contributed by atoms with van der Waals surface area (Å²) in [4.78, 5) is 0. The molecule has 0 heterocycles. The predicted molar refractivity (Wildman–Crippen MR) is 61.9 cm³/mol. The van der Waals surface area contributed by atoms with Crippen LogP contribution in [-0.2, 0) is 0 Å². The van der Waals surface area contributed by atoms with Gasteiger partial charge in [-0.25, -0.2) is 4.39 Å². The van der Waals surface area contributed by atoms with Gasteiger partial charge in [0.15, 0.2) is 0 Å². The van der Waals surface area contributed by atoms with Crippen molar-refractivity contribution in [2.45, 2.75) is 22.9 Å². The minimum absolute atomic E-state index is 0.124. The van der Waals surface area contributed by atoms with Crippen molar-refractivity contribution in [2.24, 2.45) is 5.92 Å². The zero-order valence-electron chi connectivity index (χ0n) is 7.66. The Balaban J connectivity index is 2.17. The highest BCUT2D eigenvalue weighted by Gasteiger charge is 2.35. The Bertz CT molecular complexity index is 325. The molecule has 76 valence electrons. The molecule has 1 aromatic rings. The molecular weight excluding hydrogens is 294 g/mol. The summed E-state index contributed by atoms with van der Waals surface area (Å²) in [5.74, 6) is 0.170. The minimum Gasteiger partial charge on any atom is -0.391 e. The Hall–Kier alpha value is -0.160. The van der Waals surface area contributed by atoms with Crippen LogP contribution in [0.4, 0.5) is 4.39 Å². The Morgan fingerprint density at radius 1 is 1.36 bits per heavy atom. The summed E-state index contributed by atoms with van der Waals surface area (Å²) in [7, 11) is 0. The van der Waals surface area contributed by atoms with Crippen molar-refractivity contribution in [3.8, 4) is 0 Å². The SMILES string of the molecule is OC(C1CC1)C(I)c1ccccc1F. The van der Waals surface area contributed by atoms with E-state index in [2.05, 4.69) is 22.6 Å². The van der Waals surface area contributed by atoms with Gasteiger partial charge < -0.3 is 5.11 Å². The molecule has 2 atom stereocenters. The lowest BCUT2D eigenvalue weighted by atomic mass is 10.0. The van der Waals surface area contributed by atoms with E-state index in [0.29, 0.717) is 11.5 Å². The van der Waals surface area contributed by atoms with Crippen LogP contribution in [0, 0.1) is 11.7 Å². The number of alkyl halides is 1. The minimum atomic E-state index is -0.396. The third-order valence-corrected chi connectivity index (χ3v) is 4.01. The molecule has 0 spiro atoms. The van der Waals surface area contributed by atoms with E-state index in [1.54, 1.807) is 12.1 Å². The lowest BCUT2D eigenvalue weighted by Gasteiger charge is -2.17. The topological polar surface area (TPSA) is 20.2 Å². The Labute approximate surface area is 96.5 Å². The van der Waals surface area contributed by atoms with Crippen LogP contribution in [0.2, 0.25) is 0 Å². The van der Waals surface area contributed by atoms with Gasteiger partial charge in [-0.2, -0.15) is 0 Å². The standard InChI is InChI=1S/C11H12FIO/c12-9-4-2-1-3-8(9)10(13)11(14)7-5-6-7/h1-4,7,10-11,14H,5-6H2. The maximum Gasteiger partial charge on any atom is 0.127 e. The number of halogens is 2. The molecule has 1 saturated carbocycles. The zero-order valence-corrected chi connectivity index (χ0v) is 9.82. The molecule has 0 aromatic heterocycles. The molecule has 0 amide bonds. The van der Waals surface area contributed by atoms with Crippen LogP contribution in [0.1, 0.15) is 22.3 Å². The molecular formula is C11H12FIO. The van der Waals surface area contributed by atoms with Crippen molar-refractivity contribution in [1.29, 1.82) is 0 Å². The largest absolute Gasteiger partial charge is 0.391 e. The van der Waals surface area contributed by atoms with E-state index in [0.717, 1.165) is 12.8 Å². The third-order valence-electron chi connectivity index (χ3n) is 2.61. The average molecular weight is 306 g/mol. The first kappa shape index (κ1) is 10.4. The van der Waals surface area contributed by atoms with Gasteiger partial charge in [0.1, 0.15) is 5.82 Å². The number of hydrogen-bond acceptors (Lipinski definition) is 1. The van der Waals surface area contributed by atoms with Crippen molar-refractivity contribution >= 4 is 22.6 Å². The first-order valence-electron chi connectivity index (χ1n) is 4.76. The fourth-order valence-electron chi connectivity index (χ4n) is 1.56. The second kappa shape index (κ2) is 4.14. The molecule has 1 N–H and O–H groups in total. The third kappa shape index (κ3) is 2.08. The van der Waals surface area contributed by atoms with E-state index in [4.69, 9.17) is 0 Å². The summed E-state index contributed by atoms with van der Waals surface area (Å²) >= 11 is 2.12. The van der Waals surface area contributed by atoms with Crippen LogP contribution < -0.4 is 0 Å². The maximum atomic E-state index is 13.4. The van der Waals surface area contributed by atoms with Gasteiger partial charge in [0.25, 0.3) is 0 Å². The van der Waals surface area contributed by atoms with Crippen LogP contribution in [-0.4, -0.2) is 11.2 Å². The highest BCUT2D eigenvalue weighted by molar-refractivity contribution is 14.1. The van der Waals surface area contributed by atoms with E-state index in [1.807, 2.05) is 6.07 Å². The Kier molecular flexibility index (Phi) is 3.07. The molecule has 1 aliphatic carbocycles. The molecule has 1 nitrogen and oxygen atoms in total. The molecule has 1 fully saturated rings. The van der Waals surface area contributed by atoms with Crippen molar-refractivity contribution in [3.05, 3.63) is 35.6 Å². The highest BCUT2D eigenvalue weighted by Crippen LogP contribution is 2.42. The van der Waals surface area contributed by atoms with Crippen molar-refractivity contribution < 1.29 is 9.50 Å². The first-order chi connectivity index (χ1) is 6.70. The van der Waals surface area contributed by atoms with E-state index in [9.17, 15) is 9.50 Å². The van der Waals surface area contributed by atoms with Crippen molar-refractivity contribution in [2.75, 3.05) is 0 Å². The van der Waals surface area contributed by atoms with Crippen LogP contribution in [0.15, 0.2) is 24.3 Å². The molecule has 1 aliphatic rings. The van der Waals surface area contributed by atoms with Gasteiger partial charge in [-0.05, 0) is 24.8 Å². The van der Waals surface area contributed by atoms with Gasteiger partial charge in [-0.1, -0.05) is 40.8 Å². The molecule has 14 heavy (non-hydrogen) atoms. The summed E-state index contributed by atoms with van der Waals surface area (Å²) in [5, 5.41) is 9.86. The van der Waals surface area contributed by atoms with E-state index < -0.39 is 6.10 Å². The normalized spacial score (nSPS) is 20.5. The first-order valence-corrected chi connectivity index (χ1v) is 6.01. The lowest BCUT2D eigenvalue weighted by Crippen LogP contribution is -2.16. The quantitative estimate of drug-likeness (QED) is 0.672. The second-order valence-electron chi connectivity index (χ2n) is 3.75. The molecule has 2 unspecified atom stereocenters. The number of rotatable bonds is 3. The zero-order chi connectivity index (χ0) is 10.1. The average Bonchev–Trinajstić information content (AvgIpc) is 3.00. The van der Waals surface area contributed by atoms with Crippen LogP contribution in [0.5, 0.6) is 0 Å². The van der Waals surface area contributed by atoms with Gasteiger partial charge in [-0.3, -0.25) is 0 Å². The Morgan fingerprint density at radius 3 is 2.57 bits per heavy atom. The van der Waals surface area contributed by atoms with E-state index in [1.165, 1.54) is 6.07 Å². The fourth-order valence-corrected chi connectivity index (χ4v) is 2.65. The molecule has 1 aromatic carbocycles. The lowest BCUT2D eigenvalue weighted by molar-refractivity contribution is 0.152. The number of aliphatic hydroxyl groups is 1. The summed E-state index contributed by atoms with van der Waals surface area (Å²) in [6, 6.07) is 6.67. The van der Waals surface area contributed by atoms with Crippen LogP contribution in [0.3, 0.4) is 0 Å². The molecule has 3 heteroatoms. The summed E-state index contributed by atoms with van der Waals surface area (Å²) < 4.78 is 13.2. The van der Waals surface area contributed by atoms with E-state index in [-0.39, 0.29) is 9.74 Å². The molecule has 0 bridgehead atoms. The van der Waals surface area contributed by atoms with Crippen LogP contribution >= 0.6 is 22.6 Å². The Morgan fingerprint density at radius 2 is 2.00 bits per heavy atom. The molecule has 0 aliphatic heterocycles. The van der Waals surface area contributed by atoms with Crippen molar-refractivity contribution in [1.82, 2.24) is 0 Å². The fraction of sp³-hybridized carbons (Fsp3) is 0.455. The molecule has 2 rings (SSSR count). The monoisotopic (exact) mass is 306 g/mol. The van der Waals surface area contributed by atoms with Gasteiger partial charge in [0.05, 0.1) is 10.0 Å². The molecule has 0 radical (unpaired) electrons. The van der Waals surface area contributed by atoms with Crippen LogP contribution in [0.25, 0.3) is 0 Å². The van der Waals surface area contributed by atoms with Gasteiger partial charge in [0, 0.05) is 5.56 Å². The summed E-state index contributed by atoms with van der Waals surface area (Å²) in [6.07, 6.45) is 1.76. The van der Waals surface area contributed by atoms with Gasteiger partial charge >= 0.3 is 0 Å². The van der Waals surface area contributed by atoms with Gasteiger partial charge in [-0.15, -0.1) is 0 Å². The molecule has 0 saturated heterocycles. The van der Waals surface area contributed by atoms with Crippen molar-refractivity contribution in [3.63, 3.8) is 0 Å². The second-order valence-corrected chi connectivity index (χ2v) is 5.09. The summed E-state index contributed by atoms with van der Waals surface area (Å²) in [6.45, 7) is 0. The number of hydrogen-bond donors (Lipinski definition) is 1. The predicted octanol–water partition coefficient (Wildman–Crippen LogP) is 3.07. The van der Waals surface area contributed by atoms with E-state index >= 15 is 0 Å².